The maximum Gasteiger partial charge on any atom is 0.0534 e. The SMILES string of the molecule is CCCCCNCCN(C)Cc1cnn(C)c1. The Balaban J connectivity index is 2.03. The Morgan fingerprint density at radius 1 is 1.35 bits per heavy atom. The van der Waals surface area contributed by atoms with Crippen LogP contribution in [0.2, 0.25) is 0 Å². The Kier molecular flexibility index (Phi) is 6.89. The van der Waals surface area contributed by atoms with E-state index in [1.807, 2.05) is 17.9 Å². The molecule has 0 aliphatic rings. The van der Waals surface area contributed by atoms with Crippen LogP contribution in [0.15, 0.2) is 12.4 Å². The maximum atomic E-state index is 4.17. The first kappa shape index (κ1) is 14.2. The fraction of sp³-hybridized carbons (Fsp3) is 0.769. The molecule has 0 atom stereocenters. The Morgan fingerprint density at radius 2 is 2.18 bits per heavy atom. The number of aryl methyl sites for hydroxylation is 1. The molecule has 1 aromatic rings. The van der Waals surface area contributed by atoms with Gasteiger partial charge >= 0.3 is 0 Å². The van der Waals surface area contributed by atoms with Gasteiger partial charge in [0.1, 0.15) is 0 Å². The highest BCUT2D eigenvalue weighted by Gasteiger charge is 2.01. The molecule has 0 saturated heterocycles. The molecule has 0 amide bonds. The maximum absolute atomic E-state index is 4.17. The monoisotopic (exact) mass is 238 g/mol. The number of aromatic nitrogens is 2. The molecule has 0 fully saturated rings. The lowest BCUT2D eigenvalue weighted by atomic mass is 10.2. The van der Waals surface area contributed by atoms with Gasteiger partial charge in [-0.05, 0) is 20.0 Å². The van der Waals surface area contributed by atoms with E-state index >= 15 is 0 Å². The number of rotatable bonds is 9. The minimum Gasteiger partial charge on any atom is -0.315 e. The van der Waals surface area contributed by atoms with E-state index in [4.69, 9.17) is 0 Å². The highest BCUT2D eigenvalue weighted by molar-refractivity contribution is 5.02. The van der Waals surface area contributed by atoms with Gasteiger partial charge in [-0.1, -0.05) is 19.8 Å². The lowest BCUT2D eigenvalue weighted by Gasteiger charge is -2.15. The van der Waals surface area contributed by atoms with Crippen LogP contribution in [-0.2, 0) is 13.6 Å². The summed E-state index contributed by atoms with van der Waals surface area (Å²) in [4.78, 5) is 2.32. The van der Waals surface area contributed by atoms with Crippen molar-refractivity contribution in [1.29, 1.82) is 0 Å². The predicted octanol–water partition coefficient (Wildman–Crippen LogP) is 1.63. The molecule has 0 aliphatic carbocycles. The third-order valence-corrected chi connectivity index (χ3v) is 2.84. The van der Waals surface area contributed by atoms with Gasteiger partial charge in [0.15, 0.2) is 0 Å². The van der Waals surface area contributed by atoms with Crippen LogP contribution in [0.3, 0.4) is 0 Å². The average Bonchev–Trinajstić information content (AvgIpc) is 2.69. The molecule has 1 heterocycles. The van der Waals surface area contributed by atoms with Gasteiger partial charge in [-0.25, -0.2) is 0 Å². The van der Waals surface area contributed by atoms with Crippen LogP contribution >= 0.6 is 0 Å². The fourth-order valence-corrected chi connectivity index (χ4v) is 1.84. The second-order valence-corrected chi connectivity index (χ2v) is 4.72. The molecular formula is C13H26N4. The highest BCUT2D eigenvalue weighted by atomic mass is 15.2. The first-order valence-electron chi connectivity index (χ1n) is 6.59. The van der Waals surface area contributed by atoms with Gasteiger partial charge in [0.2, 0.25) is 0 Å². The third-order valence-electron chi connectivity index (χ3n) is 2.84. The zero-order valence-corrected chi connectivity index (χ0v) is 11.4. The van der Waals surface area contributed by atoms with Crippen molar-refractivity contribution in [2.75, 3.05) is 26.7 Å². The largest absolute Gasteiger partial charge is 0.315 e. The summed E-state index contributed by atoms with van der Waals surface area (Å²) in [6.45, 7) is 6.52. The van der Waals surface area contributed by atoms with E-state index in [1.165, 1.54) is 24.8 Å². The number of nitrogens with zero attached hydrogens (tertiary/aromatic N) is 3. The van der Waals surface area contributed by atoms with Gasteiger partial charge in [0, 0.05) is 38.4 Å². The minimum absolute atomic E-state index is 0.977. The predicted molar refractivity (Wildman–Crippen MR) is 71.9 cm³/mol. The normalized spacial score (nSPS) is 11.3. The van der Waals surface area contributed by atoms with Crippen LogP contribution in [0.5, 0.6) is 0 Å². The van der Waals surface area contributed by atoms with E-state index in [0.717, 1.165) is 26.2 Å². The summed E-state index contributed by atoms with van der Waals surface area (Å²) in [5.74, 6) is 0. The second kappa shape index (κ2) is 8.25. The van der Waals surface area contributed by atoms with Crippen LogP contribution in [0.4, 0.5) is 0 Å². The second-order valence-electron chi connectivity index (χ2n) is 4.72. The van der Waals surface area contributed by atoms with Gasteiger partial charge in [0.25, 0.3) is 0 Å². The first-order chi connectivity index (χ1) is 8.22. The smallest absolute Gasteiger partial charge is 0.0534 e. The van der Waals surface area contributed by atoms with E-state index in [1.54, 1.807) is 0 Å². The standard InChI is InChI=1S/C13H26N4/c1-4-5-6-7-14-8-9-16(2)11-13-10-15-17(3)12-13/h10,12,14H,4-9,11H2,1-3H3. The van der Waals surface area contributed by atoms with E-state index in [2.05, 4.69) is 35.5 Å². The molecular weight excluding hydrogens is 212 g/mol. The number of unbranched alkanes of at least 4 members (excludes halogenated alkanes) is 2. The van der Waals surface area contributed by atoms with Crippen molar-refractivity contribution in [1.82, 2.24) is 20.0 Å². The molecule has 0 aromatic carbocycles. The summed E-state index contributed by atoms with van der Waals surface area (Å²) < 4.78 is 1.85. The van der Waals surface area contributed by atoms with Gasteiger partial charge in [-0.15, -0.1) is 0 Å². The summed E-state index contributed by atoms with van der Waals surface area (Å²) in [6, 6.07) is 0. The topological polar surface area (TPSA) is 33.1 Å². The summed E-state index contributed by atoms with van der Waals surface area (Å²) in [5.41, 5.74) is 1.28. The first-order valence-corrected chi connectivity index (χ1v) is 6.59. The van der Waals surface area contributed by atoms with E-state index < -0.39 is 0 Å². The van der Waals surface area contributed by atoms with Crippen LogP contribution in [-0.4, -0.2) is 41.4 Å². The van der Waals surface area contributed by atoms with Crippen LogP contribution < -0.4 is 5.32 Å². The number of nitrogens with one attached hydrogen (secondary N) is 1. The number of hydrogen-bond donors (Lipinski definition) is 1. The van der Waals surface area contributed by atoms with Crippen molar-refractivity contribution in [3.8, 4) is 0 Å². The van der Waals surface area contributed by atoms with Crippen molar-refractivity contribution in [2.45, 2.75) is 32.7 Å². The average molecular weight is 238 g/mol. The molecule has 17 heavy (non-hydrogen) atoms. The quantitative estimate of drug-likeness (QED) is 0.664. The third kappa shape index (κ3) is 6.44. The van der Waals surface area contributed by atoms with E-state index in [0.29, 0.717) is 0 Å². The van der Waals surface area contributed by atoms with E-state index in [9.17, 15) is 0 Å². The van der Waals surface area contributed by atoms with Crippen molar-refractivity contribution in [3.05, 3.63) is 18.0 Å². The fourth-order valence-electron chi connectivity index (χ4n) is 1.84. The number of likely N-dealkylation sites (N-methyl/N-ethyl adjacent to an activating group) is 1. The molecule has 0 spiro atoms. The Labute approximate surface area is 105 Å². The summed E-state index contributed by atoms with van der Waals surface area (Å²) in [7, 11) is 4.11. The molecule has 0 unspecified atom stereocenters. The highest BCUT2D eigenvalue weighted by Crippen LogP contribution is 2.00. The molecule has 1 aromatic heterocycles. The molecule has 0 bridgehead atoms. The van der Waals surface area contributed by atoms with Crippen molar-refractivity contribution >= 4 is 0 Å². The zero-order chi connectivity index (χ0) is 12.5. The molecule has 0 radical (unpaired) electrons. The summed E-state index contributed by atoms with van der Waals surface area (Å²) in [5, 5.41) is 7.65. The molecule has 0 aliphatic heterocycles. The molecule has 1 rings (SSSR count). The minimum atomic E-state index is 0.977. The Morgan fingerprint density at radius 3 is 2.82 bits per heavy atom. The van der Waals surface area contributed by atoms with Crippen molar-refractivity contribution < 1.29 is 0 Å². The molecule has 4 nitrogen and oxygen atoms in total. The van der Waals surface area contributed by atoms with Gasteiger partial charge < -0.3 is 10.2 Å². The van der Waals surface area contributed by atoms with Crippen LogP contribution in [0, 0.1) is 0 Å². The molecule has 4 heteroatoms. The lowest BCUT2D eigenvalue weighted by Crippen LogP contribution is -2.29. The summed E-state index contributed by atoms with van der Waals surface area (Å²) >= 11 is 0. The van der Waals surface area contributed by atoms with Gasteiger partial charge in [0.05, 0.1) is 6.20 Å². The Hall–Kier alpha value is -0.870. The molecule has 98 valence electrons. The number of hydrogen-bond acceptors (Lipinski definition) is 3. The van der Waals surface area contributed by atoms with E-state index in [-0.39, 0.29) is 0 Å². The van der Waals surface area contributed by atoms with Gasteiger partial charge in [-0.2, -0.15) is 5.10 Å². The summed E-state index contributed by atoms with van der Waals surface area (Å²) in [6.07, 6.45) is 7.93. The van der Waals surface area contributed by atoms with Gasteiger partial charge in [-0.3, -0.25) is 4.68 Å². The molecule has 1 N–H and O–H groups in total. The lowest BCUT2D eigenvalue weighted by molar-refractivity contribution is 0.324. The van der Waals surface area contributed by atoms with Crippen LogP contribution in [0.25, 0.3) is 0 Å². The Bertz CT molecular complexity index is 295. The van der Waals surface area contributed by atoms with Crippen molar-refractivity contribution in [2.24, 2.45) is 7.05 Å². The zero-order valence-electron chi connectivity index (χ0n) is 11.4. The molecule has 0 saturated carbocycles. The van der Waals surface area contributed by atoms with Crippen molar-refractivity contribution in [3.63, 3.8) is 0 Å². The van der Waals surface area contributed by atoms with Crippen LogP contribution in [0.1, 0.15) is 31.7 Å².